The summed E-state index contributed by atoms with van der Waals surface area (Å²) in [6.45, 7) is 6.80. The average Bonchev–Trinajstić information content (AvgIpc) is 2.29. The third kappa shape index (κ3) is 3.52. The van der Waals surface area contributed by atoms with Crippen LogP contribution in [0.15, 0.2) is 0 Å². The lowest BCUT2D eigenvalue weighted by molar-refractivity contribution is -0.212. The fourth-order valence-corrected chi connectivity index (χ4v) is 3.00. The highest BCUT2D eigenvalue weighted by atomic mass is 31.2. The first-order chi connectivity index (χ1) is 7.91. The van der Waals surface area contributed by atoms with Crippen LogP contribution in [0.2, 0.25) is 0 Å². The predicted octanol–water partition coefficient (Wildman–Crippen LogP) is 2.26. The van der Waals surface area contributed by atoms with E-state index in [1.54, 1.807) is 27.7 Å². The second-order valence-electron chi connectivity index (χ2n) is 3.46. The van der Waals surface area contributed by atoms with Gasteiger partial charge >= 0.3 is 13.6 Å². The fraction of sp³-hybridized carbons (Fsp3) is 0.900. The first kappa shape index (κ1) is 16.6. The van der Waals surface area contributed by atoms with Crippen LogP contribution in [0, 0.1) is 0 Å². The molecule has 0 spiro atoms. The fourth-order valence-electron chi connectivity index (χ4n) is 1.51. The maximum Gasteiger partial charge on any atom is 0.372 e. The lowest BCUT2D eigenvalue weighted by Crippen LogP contribution is -2.39. The van der Waals surface area contributed by atoms with Gasteiger partial charge in [-0.15, -0.1) is 4.67 Å². The molecule has 17 heavy (non-hydrogen) atoms. The summed E-state index contributed by atoms with van der Waals surface area (Å²) in [4.78, 5) is 26.2. The highest BCUT2D eigenvalue weighted by molar-refractivity contribution is 7.55. The highest BCUT2D eigenvalue weighted by Gasteiger charge is 2.54. The van der Waals surface area contributed by atoms with E-state index in [1.165, 1.54) is 0 Å². The Hall–Kier alpha value is -0.420. The van der Waals surface area contributed by atoms with Crippen LogP contribution in [0.4, 0.5) is 0 Å². The molecule has 0 amide bonds. The second kappa shape index (κ2) is 7.11. The molecule has 6 nitrogen and oxygen atoms in total. The second-order valence-corrected chi connectivity index (χ2v) is 5.51. The monoisotopic (exact) mass is 268 g/mol. The van der Waals surface area contributed by atoms with Crippen molar-refractivity contribution in [3.05, 3.63) is 0 Å². The summed E-state index contributed by atoms with van der Waals surface area (Å²) in [6, 6.07) is 0. The van der Waals surface area contributed by atoms with Gasteiger partial charge in [-0.2, -0.15) is 0 Å². The summed E-state index contributed by atoms with van der Waals surface area (Å²) in [7, 11) is -4.23. The van der Waals surface area contributed by atoms with Gasteiger partial charge in [0.15, 0.2) is 5.16 Å². The Balaban J connectivity index is 5.17. The van der Waals surface area contributed by atoms with Gasteiger partial charge in [0.25, 0.3) is 0 Å². The van der Waals surface area contributed by atoms with Crippen LogP contribution in [0.3, 0.4) is 0 Å². The molecule has 7 heteroatoms. The minimum Gasteiger partial charge on any atom is -0.465 e. The van der Waals surface area contributed by atoms with E-state index in [9.17, 15) is 14.3 Å². The van der Waals surface area contributed by atoms with E-state index in [4.69, 9.17) is 4.74 Å². The molecule has 1 N–H and O–H groups in total. The van der Waals surface area contributed by atoms with Crippen LogP contribution in [-0.2, 0) is 23.7 Å². The molecule has 0 aromatic carbocycles. The lowest BCUT2D eigenvalue weighted by atomic mass is 10.0. The first-order valence-electron chi connectivity index (χ1n) is 5.73. The van der Waals surface area contributed by atoms with Crippen molar-refractivity contribution in [2.75, 3.05) is 13.2 Å². The third-order valence-electron chi connectivity index (χ3n) is 2.64. The molecule has 0 aliphatic carbocycles. The van der Waals surface area contributed by atoms with Crippen LogP contribution in [0.5, 0.6) is 0 Å². The molecular weight excluding hydrogens is 247 g/mol. The molecule has 0 bridgehead atoms. The minimum absolute atomic E-state index is 0.122. The van der Waals surface area contributed by atoms with E-state index >= 15 is 0 Å². The zero-order valence-corrected chi connectivity index (χ0v) is 11.7. The van der Waals surface area contributed by atoms with Gasteiger partial charge in [0, 0.05) is 0 Å². The molecular formula is C10H21O6P. The Bertz CT molecular complexity index is 287. The Morgan fingerprint density at radius 3 is 2.06 bits per heavy atom. The number of ether oxygens (including phenoxy) is 1. The van der Waals surface area contributed by atoms with E-state index in [1.807, 2.05) is 0 Å². The molecule has 102 valence electrons. The van der Waals surface area contributed by atoms with Crippen LogP contribution >= 0.6 is 7.60 Å². The Morgan fingerprint density at radius 1 is 1.18 bits per heavy atom. The van der Waals surface area contributed by atoms with Crippen molar-refractivity contribution in [1.29, 1.82) is 0 Å². The molecule has 0 saturated carbocycles. The summed E-state index contributed by atoms with van der Waals surface area (Å²) in [6.07, 6.45) is 0.284. The SMILES string of the molecule is CCOOP(=O)(O)C(CC)(CC)C(=O)OCC. The van der Waals surface area contributed by atoms with E-state index in [-0.39, 0.29) is 26.1 Å². The maximum atomic E-state index is 12.1. The number of carbonyl (C=O) groups is 1. The van der Waals surface area contributed by atoms with E-state index in [2.05, 4.69) is 9.56 Å². The summed E-state index contributed by atoms with van der Waals surface area (Å²) in [5.74, 6) is -0.726. The molecule has 0 radical (unpaired) electrons. The number of hydrogen-bond acceptors (Lipinski definition) is 5. The minimum atomic E-state index is -4.23. The third-order valence-corrected chi connectivity index (χ3v) is 4.84. The van der Waals surface area contributed by atoms with Crippen molar-refractivity contribution in [2.45, 2.75) is 45.7 Å². The molecule has 1 unspecified atom stereocenters. The topological polar surface area (TPSA) is 82.1 Å². The number of esters is 1. The summed E-state index contributed by atoms with van der Waals surface area (Å²) in [5, 5.41) is -1.56. The predicted molar refractivity (Wildman–Crippen MR) is 62.5 cm³/mol. The van der Waals surface area contributed by atoms with Gasteiger partial charge < -0.3 is 9.63 Å². The van der Waals surface area contributed by atoms with Crippen LogP contribution in [-0.4, -0.2) is 29.2 Å². The van der Waals surface area contributed by atoms with Gasteiger partial charge in [-0.1, -0.05) is 13.8 Å². The van der Waals surface area contributed by atoms with Gasteiger partial charge in [-0.3, -0.25) is 9.36 Å². The van der Waals surface area contributed by atoms with Gasteiger partial charge in [-0.25, -0.2) is 4.89 Å². The molecule has 1 atom stereocenters. The largest absolute Gasteiger partial charge is 0.465 e. The van der Waals surface area contributed by atoms with Crippen LogP contribution in [0.25, 0.3) is 0 Å². The molecule has 0 saturated heterocycles. The average molecular weight is 268 g/mol. The van der Waals surface area contributed by atoms with Gasteiger partial charge in [-0.05, 0) is 26.7 Å². The smallest absolute Gasteiger partial charge is 0.372 e. The Morgan fingerprint density at radius 2 is 1.71 bits per heavy atom. The Kier molecular flexibility index (Phi) is 6.94. The summed E-state index contributed by atoms with van der Waals surface area (Å²) in [5.41, 5.74) is 0. The van der Waals surface area contributed by atoms with Crippen molar-refractivity contribution in [1.82, 2.24) is 0 Å². The Labute approximate surface area is 102 Å². The van der Waals surface area contributed by atoms with E-state index in [0.717, 1.165) is 0 Å². The summed E-state index contributed by atoms with van der Waals surface area (Å²) < 4.78 is 21.4. The van der Waals surface area contributed by atoms with Gasteiger partial charge in [0.05, 0.1) is 13.2 Å². The molecule has 0 rings (SSSR count). The van der Waals surface area contributed by atoms with Crippen molar-refractivity contribution < 1.29 is 28.6 Å². The van der Waals surface area contributed by atoms with Crippen molar-refractivity contribution in [2.24, 2.45) is 0 Å². The highest BCUT2D eigenvalue weighted by Crippen LogP contribution is 2.59. The van der Waals surface area contributed by atoms with Gasteiger partial charge in [0.1, 0.15) is 0 Å². The molecule has 0 aromatic heterocycles. The quantitative estimate of drug-likeness (QED) is 0.315. The molecule has 0 heterocycles. The van der Waals surface area contributed by atoms with Crippen LogP contribution in [0.1, 0.15) is 40.5 Å². The molecule has 0 aliphatic rings. The normalized spacial score (nSPS) is 15.4. The zero-order chi connectivity index (χ0) is 13.5. The van der Waals surface area contributed by atoms with E-state index in [0.29, 0.717) is 0 Å². The maximum absolute atomic E-state index is 12.1. The lowest BCUT2D eigenvalue weighted by Gasteiger charge is -2.31. The molecule has 0 fully saturated rings. The van der Waals surface area contributed by atoms with E-state index < -0.39 is 18.7 Å². The van der Waals surface area contributed by atoms with Crippen molar-refractivity contribution in [3.63, 3.8) is 0 Å². The van der Waals surface area contributed by atoms with Crippen molar-refractivity contribution in [3.8, 4) is 0 Å². The number of hydrogen-bond donors (Lipinski definition) is 1. The standard InChI is InChI=1S/C10H21O6P/c1-5-10(6-2,9(11)14-7-3)17(12,13)16-15-8-4/h5-8H2,1-4H3,(H,12,13). The molecule has 0 aliphatic heterocycles. The first-order valence-corrected chi connectivity index (χ1v) is 7.30. The van der Waals surface area contributed by atoms with Crippen LogP contribution < -0.4 is 0 Å². The van der Waals surface area contributed by atoms with Crippen molar-refractivity contribution >= 4 is 13.6 Å². The molecule has 0 aromatic rings. The zero-order valence-electron chi connectivity index (χ0n) is 10.8. The summed E-state index contributed by atoms with van der Waals surface area (Å²) >= 11 is 0. The number of carbonyl (C=O) groups excluding carboxylic acids is 1. The number of rotatable bonds is 8. The van der Waals surface area contributed by atoms with Gasteiger partial charge in [0.2, 0.25) is 0 Å².